The highest BCUT2D eigenvalue weighted by Crippen LogP contribution is 2.41. The number of carboxylic acid groups (broad SMARTS) is 1. The molecule has 1 heterocycles. The maximum absolute atomic E-state index is 13.6. The van der Waals surface area contributed by atoms with Gasteiger partial charge in [0.25, 0.3) is 0 Å². The number of benzene rings is 2. The van der Waals surface area contributed by atoms with Gasteiger partial charge in [-0.2, -0.15) is 0 Å². The lowest BCUT2D eigenvalue weighted by Gasteiger charge is -2.41. The smallest absolute Gasteiger partial charge is 0.332 e. The molecule has 0 saturated carbocycles. The summed E-state index contributed by atoms with van der Waals surface area (Å²) in [6.07, 6.45) is 1.04. The minimum atomic E-state index is -2.23. The number of amides is 1. The van der Waals surface area contributed by atoms with Crippen molar-refractivity contribution in [2.45, 2.75) is 31.2 Å². The van der Waals surface area contributed by atoms with Crippen LogP contribution < -0.4 is 16.4 Å². The van der Waals surface area contributed by atoms with Gasteiger partial charge in [-0.25, -0.2) is 4.79 Å². The molecular weight excluding hydrogens is 396 g/mol. The average Bonchev–Trinajstić information content (AvgIpc) is 2.75. The zero-order valence-electron chi connectivity index (χ0n) is 17.2. The van der Waals surface area contributed by atoms with E-state index in [4.69, 9.17) is 16.9 Å². The number of nitrogen functional groups attached to an aromatic ring is 1. The third-order valence-corrected chi connectivity index (χ3v) is 5.96. The predicted octanol–water partition coefficient (Wildman–Crippen LogP) is 1.87. The van der Waals surface area contributed by atoms with Gasteiger partial charge in [-0.15, -0.1) is 0 Å². The molecular formula is C23H26N4O4. The lowest BCUT2D eigenvalue weighted by atomic mass is 9.67. The SMILES string of the molecule is CC(=O)C(N)(C(=O)O)C(c1ccccc1)C1CCCN(c2ccc(C(=N)N)cc2)C1=O. The molecule has 162 valence electrons. The van der Waals surface area contributed by atoms with E-state index >= 15 is 0 Å². The minimum Gasteiger partial charge on any atom is -0.480 e. The number of carbonyl (C=O) groups is 3. The van der Waals surface area contributed by atoms with Gasteiger partial charge < -0.3 is 21.5 Å². The maximum Gasteiger partial charge on any atom is 0.332 e. The van der Waals surface area contributed by atoms with Crippen molar-refractivity contribution in [1.29, 1.82) is 5.41 Å². The molecule has 1 saturated heterocycles. The molecule has 0 bridgehead atoms. The number of piperidine rings is 1. The van der Waals surface area contributed by atoms with E-state index in [2.05, 4.69) is 0 Å². The van der Waals surface area contributed by atoms with Crippen LogP contribution in [0.25, 0.3) is 0 Å². The van der Waals surface area contributed by atoms with Crippen molar-refractivity contribution < 1.29 is 19.5 Å². The topological polar surface area (TPSA) is 151 Å². The average molecular weight is 422 g/mol. The number of nitrogens with two attached hydrogens (primary N) is 2. The summed E-state index contributed by atoms with van der Waals surface area (Å²) in [6, 6.07) is 15.4. The Kier molecular flexibility index (Phi) is 6.21. The number of nitrogens with zero attached hydrogens (tertiary/aromatic N) is 1. The predicted molar refractivity (Wildman–Crippen MR) is 117 cm³/mol. The molecule has 31 heavy (non-hydrogen) atoms. The molecule has 1 aliphatic rings. The summed E-state index contributed by atoms with van der Waals surface area (Å²) in [5.74, 6) is -4.32. The van der Waals surface area contributed by atoms with E-state index in [0.29, 0.717) is 36.2 Å². The first-order chi connectivity index (χ1) is 14.7. The van der Waals surface area contributed by atoms with Crippen LogP contribution in [0.3, 0.4) is 0 Å². The van der Waals surface area contributed by atoms with E-state index in [9.17, 15) is 19.5 Å². The van der Waals surface area contributed by atoms with Gasteiger partial charge in [0.2, 0.25) is 5.91 Å². The number of amidine groups is 1. The molecule has 6 N–H and O–H groups in total. The molecule has 0 aromatic heterocycles. The molecule has 2 aromatic carbocycles. The molecule has 1 aliphatic heterocycles. The fraction of sp³-hybridized carbons (Fsp3) is 0.304. The van der Waals surface area contributed by atoms with Crippen molar-refractivity contribution in [1.82, 2.24) is 0 Å². The number of nitrogens with one attached hydrogen (secondary N) is 1. The van der Waals surface area contributed by atoms with Crippen molar-refractivity contribution in [3.63, 3.8) is 0 Å². The quantitative estimate of drug-likeness (QED) is 0.304. The summed E-state index contributed by atoms with van der Waals surface area (Å²) < 4.78 is 0. The van der Waals surface area contributed by atoms with Gasteiger partial charge >= 0.3 is 5.97 Å². The van der Waals surface area contributed by atoms with E-state index in [1.54, 1.807) is 59.5 Å². The Bertz CT molecular complexity index is 990. The Labute approximate surface area is 180 Å². The Hall–Kier alpha value is -3.52. The van der Waals surface area contributed by atoms with E-state index < -0.39 is 29.1 Å². The molecule has 3 rings (SSSR count). The number of ketones is 1. The second-order valence-electron chi connectivity index (χ2n) is 7.82. The first-order valence-corrected chi connectivity index (χ1v) is 10.0. The number of hydrogen-bond donors (Lipinski definition) is 4. The number of carboxylic acids is 1. The zero-order valence-corrected chi connectivity index (χ0v) is 17.2. The highest BCUT2D eigenvalue weighted by atomic mass is 16.4. The summed E-state index contributed by atoms with van der Waals surface area (Å²) in [7, 11) is 0. The molecule has 0 aliphatic carbocycles. The van der Waals surface area contributed by atoms with Crippen LogP contribution in [0.5, 0.6) is 0 Å². The third kappa shape index (κ3) is 4.06. The van der Waals surface area contributed by atoms with Crippen molar-refractivity contribution in [2.75, 3.05) is 11.4 Å². The van der Waals surface area contributed by atoms with Gasteiger partial charge in [-0.3, -0.25) is 15.0 Å². The summed E-state index contributed by atoms with van der Waals surface area (Å²) in [6.45, 7) is 1.61. The molecule has 1 amide bonds. The summed E-state index contributed by atoms with van der Waals surface area (Å²) >= 11 is 0. The molecule has 3 unspecified atom stereocenters. The van der Waals surface area contributed by atoms with Gasteiger partial charge in [0.1, 0.15) is 5.84 Å². The Morgan fingerprint density at radius 1 is 1.16 bits per heavy atom. The maximum atomic E-state index is 13.6. The molecule has 8 heteroatoms. The molecule has 3 atom stereocenters. The van der Waals surface area contributed by atoms with Crippen molar-refractivity contribution in [3.8, 4) is 0 Å². The third-order valence-electron chi connectivity index (χ3n) is 5.96. The second kappa shape index (κ2) is 8.69. The van der Waals surface area contributed by atoms with Crippen LogP contribution in [0.15, 0.2) is 54.6 Å². The van der Waals surface area contributed by atoms with Crippen LogP contribution >= 0.6 is 0 Å². The Morgan fingerprint density at radius 3 is 2.29 bits per heavy atom. The molecule has 2 aromatic rings. The van der Waals surface area contributed by atoms with Crippen molar-refractivity contribution in [3.05, 3.63) is 65.7 Å². The van der Waals surface area contributed by atoms with E-state index in [1.807, 2.05) is 0 Å². The van der Waals surface area contributed by atoms with E-state index in [1.165, 1.54) is 0 Å². The number of rotatable bonds is 7. The zero-order chi connectivity index (χ0) is 22.8. The van der Waals surface area contributed by atoms with Crippen LogP contribution in [0, 0.1) is 11.3 Å². The summed E-state index contributed by atoms with van der Waals surface area (Å²) in [4.78, 5) is 39.8. The fourth-order valence-electron chi connectivity index (χ4n) is 4.27. The van der Waals surface area contributed by atoms with Gasteiger partial charge in [-0.05, 0) is 49.6 Å². The highest BCUT2D eigenvalue weighted by Gasteiger charge is 2.53. The van der Waals surface area contributed by atoms with Crippen molar-refractivity contribution >= 4 is 29.2 Å². The standard InChI is InChI=1S/C23H26N4O4/c1-14(28)23(26,22(30)31)19(15-6-3-2-4-7-15)18-8-5-13-27(21(18)29)17-11-9-16(10-12-17)20(24)25/h2-4,6-7,9-12,18-19H,5,8,13,26H2,1H3,(H3,24,25)(H,30,31). The first-order valence-electron chi connectivity index (χ1n) is 10.0. The van der Waals surface area contributed by atoms with Gasteiger partial charge in [0, 0.05) is 29.6 Å². The van der Waals surface area contributed by atoms with E-state index in [-0.39, 0.29) is 11.7 Å². The van der Waals surface area contributed by atoms with Crippen LogP contribution in [0.1, 0.15) is 36.8 Å². The Morgan fingerprint density at radius 2 is 1.77 bits per heavy atom. The summed E-state index contributed by atoms with van der Waals surface area (Å²) in [5.41, 5.74) is 11.2. The number of hydrogen-bond acceptors (Lipinski definition) is 5. The monoisotopic (exact) mass is 422 g/mol. The Balaban J connectivity index is 2.05. The van der Waals surface area contributed by atoms with Crippen LogP contribution in [-0.2, 0) is 14.4 Å². The molecule has 0 spiro atoms. The summed E-state index contributed by atoms with van der Waals surface area (Å²) in [5, 5.41) is 17.4. The van der Waals surface area contributed by atoms with Gasteiger partial charge in [0.05, 0.1) is 0 Å². The van der Waals surface area contributed by atoms with Gasteiger partial charge in [0.15, 0.2) is 11.3 Å². The first kappa shape index (κ1) is 22.2. The lowest BCUT2D eigenvalue weighted by molar-refractivity contribution is -0.150. The van der Waals surface area contributed by atoms with Gasteiger partial charge in [-0.1, -0.05) is 30.3 Å². The second-order valence-corrected chi connectivity index (χ2v) is 7.82. The number of Topliss-reactive ketones (excluding diaryl/α,β-unsaturated/α-hetero) is 1. The minimum absolute atomic E-state index is 0.0747. The number of anilines is 1. The molecule has 0 radical (unpaired) electrons. The normalized spacial score (nSPS) is 19.4. The highest BCUT2D eigenvalue weighted by molar-refractivity contribution is 6.09. The van der Waals surface area contributed by atoms with Crippen molar-refractivity contribution in [2.24, 2.45) is 17.4 Å². The number of carbonyl (C=O) groups excluding carboxylic acids is 2. The van der Waals surface area contributed by atoms with Crippen LogP contribution in [0.4, 0.5) is 5.69 Å². The largest absolute Gasteiger partial charge is 0.480 e. The lowest BCUT2D eigenvalue weighted by Crippen LogP contribution is -2.62. The van der Waals surface area contributed by atoms with Crippen LogP contribution in [0.2, 0.25) is 0 Å². The van der Waals surface area contributed by atoms with E-state index in [0.717, 1.165) is 6.92 Å². The van der Waals surface area contributed by atoms with Crippen LogP contribution in [-0.4, -0.2) is 40.7 Å². The molecule has 8 nitrogen and oxygen atoms in total. The number of aliphatic carboxylic acids is 1. The fourth-order valence-corrected chi connectivity index (χ4v) is 4.27. The molecule has 1 fully saturated rings.